The third-order valence-corrected chi connectivity index (χ3v) is 3.61. The number of nitro groups is 1. The number of ketones is 1. The minimum absolute atomic E-state index is 0.0555. The van der Waals surface area contributed by atoms with Gasteiger partial charge >= 0.3 is 5.69 Å². The Kier molecular flexibility index (Phi) is 4.59. The predicted molar refractivity (Wildman–Crippen MR) is 82.3 cm³/mol. The largest absolute Gasteiger partial charge is 0.447 e. The van der Waals surface area contributed by atoms with Gasteiger partial charge in [-0.2, -0.15) is 0 Å². The van der Waals surface area contributed by atoms with Gasteiger partial charge in [0.05, 0.1) is 14.4 Å². The van der Waals surface area contributed by atoms with Gasteiger partial charge in [0.15, 0.2) is 5.78 Å². The van der Waals surface area contributed by atoms with Crippen molar-refractivity contribution in [1.29, 1.82) is 0 Å². The molecule has 0 atom stereocenters. The average molecular weight is 371 g/mol. The number of nitrogens with zero attached hydrogens (tertiary/aromatic N) is 1. The Morgan fingerprint density at radius 3 is 2.62 bits per heavy atom. The first kappa shape index (κ1) is 15.5. The lowest BCUT2D eigenvalue weighted by molar-refractivity contribution is -0.385. The number of carbonyl (C=O) groups excluding carboxylic acids is 1. The number of rotatable bonds is 4. The molecule has 0 amide bonds. The number of hydrogen-bond donors (Lipinski definition) is 0. The van der Waals surface area contributed by atoms with E-state index in [2.05, 4.69) is 15.9 Å². The van der Waals surface area contributed by atoms with Crippen LogP contribution in [0.4, 0.5) is 5.69 Å². The fourth-order valence-electron chi connectivity index (χ4n) is 1.65. The molecule has 0 radical (unpaired) electrons. The molecule has 0 heterocycles. The molecule has 0 aliphatic rings. The monoisotopic (exact) mass is 369 g/mol. The number of Topliss-reactive ketones (excluding diaryl/α,β-unsaturated/α-hetero) is 1. The van der Waals surface area contributed by atoms with Crippen molar-refractivity contribution in [2.45, 2.75) is 6.92 Å². The third-order valence-electron chi connectivity index (χ3n) is 2.69. The average Bonchev–Trinajstić information content (AvgIpc) is 2.42. The first-order chi connectivity index (χ1) is 9.90. The number of para-hydroxylation sites is 1. The predicted octanol–water partition coefficient (Wildman–Crippen LogP) is 5.01. The van der Waals surface area contributed by atoms with E-state index >= 15 is 0 Å². The van der Waals surface area contributed by atoms with Gasteiger partial charge in [-0.25, -0.2) is 0 Å². The van der Waals surface area contributed by atoms with Gasteiger partial charge in [0.25, 0.3) is 0 Å². The van der Waals surface area contributed by atoms with Crippen molar-refractivity contribution >= 4 is 39.0 Å². The number of carbonyl (C=O) groups is 1. The summed E-state index contributed by atoms with van der Waals surface area (Å²) >= 11 is 9.25. The summed E-state index contributed by atoms with van der Waals surface area (Å²) in [5.41, 5.74) is 0.255. The lowest BCUT2D eigenvalue weighted by atomic mass is 10.1. The highest BCUT2D eigenvalue weighted by atomic mass is 79.9. The minimum atomic E-state index is -0.544. The maximum Gasteiger partial charge on any atom is 0.312 e. The van der Waals surface area contributed by atoms with Gasteiger partial charge in [-0.3, -0.25) is 14.9 Å². The fourth-order valence-corrected chi connectivity index (χ4v) is 2.31. The van der Waals surface area contributed by atoms with Crippen molar-refractivity contribution in [2.75, 3.05) is 0 Å². The van der Waals surface area contributed by atoms with Crippen molar-refractivity contribution in [2.24, 2.45) is 0 Å². The Bertz CT molecular complexity index is 733. The number of benzene rings is 2. The molecule has 21 heavy (non-hydrogen) atoms. The summed E-state index contributed by atoms with van der Waals surface area (Å²) in [4.78, 5) is 21.7. The SMILES string of the molecule is CC(=O)c1ccc(Oc2c(Br)cccc2[N+](=O)[O-])c(Cl)c1. The molecule has 0 saturated carbocycles. The highest BCUT2D eigenvalue weighted by molar-refractivity contribution is 9.10. The van der Waals surface area contributed by atoms with Crippen molar-refractivity contribution in [3.63, 3.8) is 0 Å². The van der Waals surface area contributed by atoms with E-state index < -0.39 is 4.92 Å². The van der Waals surface area contributed by atoms with Crippen LogP contribution in [0.2, 0.25) is 5.02 Å². The third kappa shape index (κ3) is 3.40. The topological polar surface area (TPSA) is 69.4 Å². The second-order valence-electron chi connectivity index (χ2n) is 4.15. The zero-order valence-corrected chi connectivity index (χ0v) is 13.1. The highest BCUT2D eigenvalue weighted by Crippen LogP contribution is 2.40. The molecule has 108 valence electrons. The van der Waals surface area contributed by atoms with Crippen LogP contribution in [-0.4, -0.2) is 10.7 Å². The van der Waals surface area contributed by atoms with E-state index in [1.165, 1.54) is 31.2 Å². The van der Waals surface area contributed by atoms with Crippen LogP contribution in [0, 0.1) is 10.1 Å². The zero-order valence-electron chi connectivity index (χ0n) is 10.8. The Morgan fingerprint density at radius 1 is 1.33 bits per heavy atom. The molecule has 0 unspecified atom stereocenters. The molecule has 2 aromatic rings. The summed E-state index contributed by atoms with van der Waals surface area (Å²) < 4.78 is 5.97. The van der Waals surface area contributed by atoms with Gasteiger partial charge in [-0.15, -0.1) is 0 Å². The molecule has 0 saturated heterocycles. The maximum absolute atomic E-state index is 11.3. The van der Waals surface area contributed by atoms with Crippen LogP contribution in [0.25, 0.3) is 0 Å². The van der Waals surface area contributed by atoms with Crippen LogP contribution < -0.4 is 4.74 Å². The van der Waals surface area contributed by atoms with Crippen molar-refractivity contribution in [3.05, 3.63) is 61.6 Å². The number of ether oxygens (including phenoxy) is 1. The molecule has 0 aliphatic heterocycles. The van der Waals surface area contributed by atoms with Gasteiger partial charge in [0, 0.05) is 11.6 Å². The molecule has 0 bridgehead atoms. The van der Waals surface area contributed by atoms with E-state index in [0.717, 1.165) is 0 Å². The quantitative estimate of drug-likeness (QED) is 0.431. The second-order valence-corrected chi connectivity index (χ2v) is 5.41. The molecule has 0 aliphatic carbocycles. The lowest BCUT2D eigenvalue weighted by Gasteiger charge is -2.10. The van der Waals surface area contributed by atoms with Crippen LogP contribution in [0.15, 0.2) is 40.9 Å². The zero-order chi connectivity index (χ0) is 15.6. The Morgan fingerprint density at radius 2 is 2.05 bits per heavy atom. The molecule has 0 fully saturated rings. The Balaban J connectivity index is 2.44. The van der Waals surface area contributed by atoms with Crippen LogP contribution in [0.1, 0.15) is 17.3 Å². The maximum atomic E-state index is 11.3. The van der Waals surface area contributed by atoms with Crippen LogP contribution in [0.5, 0.6) is 11.5 Å². The number of nitro benzene ring substituents is 1. The van der Waals surface area contributed by atoms with Gasteiger partial charge in [0.1, 0.15) is 5.75 Å². The summed E-state index contributed by atoms with van der Waals surface area (Å²) in [5, 5.41) is 11.2. The molecule has 0 N–H and O–H groups in total. The van der Waals surface area contributed by atoms with E-state index in [1.807, 2.05) is 0 Å². The molecular weight excluding hydrogens is 362 g/mol. The highest BCUT2D eigenvalue weighted by Gasteiger charge is 2.20. The first-order valence-electron chi connectivity index (χ1n) is 5.81. The first-order valence-corrected chi connectivity index (χ1v) is 6.98. The molecule has 0 aromatic heterocycles. The van der Waals surface area contributed by atoms with E-state index in [9.17, 15) is 14.9 Å². The van der Waals surface area contributed by atoms with Crippen molar-refractivity contribution < 1.29 is 14.5 Å². The Hall–Kier alpha value is -1.92. The molecule has 0 spiro atoms. The Labute approximate surface area is 133 Å². The van der Waals surface area contributed by atoms with Gasteiger partial charge < -0.3 is 4.74 Å². The van der Waals surface area contributed by atoms with E-state index in [1.54, 1.807) is 12.1 Å². The van der Waals surface area contributed by atoms with Crippen molar-refractivity contribution in [1.82, 2.24) is 0 Å². The summed E-state index contributed by atoms with van der Waals surface area (Å²) in [6.45, 7) is 1.42. The summed E-state index contributed by atoms with van der Waals surface area (Å²) in [6.07, 6.45) is 0. The van der Waals surface area contributed by atoms with E-state index in [-0.39, 0.29) is 28.0 Å². The minimum Gasteiger partial charge on any atom is -0.447 e. The summed E-state index contributed by atoms with van der Waals surface area (Å²) in [6, 6.07) is 9.00. The van der Waals surface area contributed by atoms with Crippen LogP contribution in [-0.2, 0) is 0 Å². The van der Waals surface area contributed by atoms with Crippen LogP contribution >= 0.6 is 27.5 Å². The molecule has 2 aromatic carbocycles. The summed E-state index contributed by atoms with van der Waals surface area (Å²) in [5.74, 6) is 0.159. The van der Waals surface area contributed by atoms with Gasteiger partial charge in [-0.05, 0) is 47.1 Å². The van der Waals surface area contributed by atoms with E-state index in [0.29, 0.717) is 10.0 Å². The smallest absolute Gasteiger partial charge is 0.312 e. The van der Waals surface area contributed by atoms with Crippen molar-refractivity contribution in [3.8, 4) is 11.5 Å². The van der Waals surface area contributed by atoms with Gasteiger partial charge in [0.2, 0.25) is 5.75 Å². The summed E-state index contributed by atoms with van der Waals surface area (Å²) in [7, 11) is 0. The molecule has 7 heteroatoms. The standard InChI is InChI=1S/C14H9BrClNO4/c1-8(18)9-5-6-13(11(16)7-9)21-14-10(15)3-2-4-12(14)17(19)20/h2-7H,1H3. The fraction of sp³-hybridized carbons (Fsp3) is 0.0714. The van der Waals surface area contributed by atoms with Gasteiger partial charge in [-0.1, -0.05) is 17.7 Å². The number of hydrogen-bond acceptors (Lipinski definition) is 4. The molecule has 5 nitrogen and oxygen atoms in total. The van der Waals surface area contributed by atoms with E-state index in [4.69, 9.17) is 16.3 Å². The molecule has 2 rings (SSSR count). The number of halogens is 2. The second kappa shape index (κ2) is 6.24. The molecular formula is C14H9BrClNO4. The lowest BCUT2D eigenvalue weighted by Crippen LogP contribution is -1.96. The van der Waals surface area contributed by atoms with Crippen LogP contribution in [0.3, 0.4) is 0 Å². The normalized spacial score (nSPS) is 10.2.